The summed E-state index contributed by atoms with van der Waals surface area (Å²) in [6.45, 7) is 4.76. The summed E-state index contributed by atoms with van der Waals surface area (Å²) in [4.78, 5) is 21.8. The molecule has 1 aromatic rings. The van der Waals surface area contributed by atoms with Crippen molar-refractivity contribution in [2.75, 3.05) is 18.1 Å². The fourth-order valence-corrected chi connectivity index (χ4v) is 2.98. The summed E-state index contributed by atoms with van der Waals surface area (Å²) in [6.07, 6.45) is 1.04. The monoisotopic (exact) mass is 329 g/mol. The molecule has 22 heavy (non-hydrogen) atoms. The van der Waals surface area contributed by atoms with Crippen LogP contribution in [0.25, 0.3) is 0 Å². The van der Waals surface area contributed by atoms with Crippen LogP contribution in [0.5, 0.6) is 0 Å². The second-order valence-electron chi connectivity index (χ2n) is 5.66. The molecule has 0 aliphatic carbocycles. The lowest BCUT2D eigenvalue weighted by molar-refractivity contribution is -0.384. The van der Waals surface area contributed by atoms with Gasteiger partial charge in [0.15, 0.2) is 5.78 Å². The number of benzene rings is 1. The van der Waals surface area contributed by atoms with Crippen molar-refractivity contribution in [3.05, 3.63) is 33.9 Å². The molecule has 0 spiro atoms. The number of nitro groups is 1. The van der Waals surface area contributed by atoms with Gasteiger partial charge in [-0.1, -0.05) is 0 Å². The van der Waals surface area contributed by atoms with Gasteiger partial charge < -0.3 is 5.32 Å². The van der Waals surface area contributed by atoms with Crippen molar-refractivity contribution < 1.29 is 18.1 Å². The lowest BCUT2D eigenvalue weighted by Gasteiger charge is -2.25. The quantitative estimate of drug-likeness (QED) is 0.445. The number of nitro benzene ring substituents is 1. The third kappa shape index (κ3) is 5.41. The topological polar surface area (TPSA) is 118 Å². The molecule has 0 radical (unpaired) electrons. The zero-order valence-electron chi connectivity index (χ0n) is 12.8. The maximum Gasteiger partial charge on any atom is 0.293 e. The zero-order valence-corrected chi connectivity index (χ0v) is 13.7. The van der Waals surface area contributed by atoms with Gasteiger partial charge in [-0.15, -0.1) is 0 Å². The van der Waals surface area contributed by atoms with E-state index in [9.17, 15) is 23.3 Å². The van der Waals surface area contributed by atoms with Gasteiger partial charge in [-0.05, 0) is 32.9 Å². The lowest BCUT2D eigenvalue weighted by Crippen LogP contribution is -2.47. The van der Waals surface area contributed by atoms with Crippen molar-refractivity contribution in [3.63, 3.8) is 0 Å². The van der Waals surface area contributed by atoms with Crippen LogP contribution < -0.4 is 10.0 Å². The van der Waals surface area contributed by atoms with E-state index in [-0.39, 0.29) is 29.3 Å². The van der Waals surface area contributed by atoms with Crippen LogP contribution in [0.3, 0.4) is 0 Å². The Morgan fingerprint density at radius 1 is 1.36 bits per heavy atom. The Bertz CT molecular complexity index is 698. The van der Waals surface area contributed by atoms with E-state index >= 15 is 0 Å². The Morgan fingerprint density at radius 2 is 1.95 bits per heavy atom. The highest BCUT2D eigenvalue weighted by atomic mass is 32.2. The average molecular weight is 329 g/mol. The first kappa shape index (κ1) is 18.1. The molecule has 0 aliphatic rings. The van der Waals surface area contributed by atoms with Crippen molar-refractivity contribution in [1.82, 2.24) is 4.72 Å². The van der Waals surface area contributed by atoms with Crippen LogP contribution in [0.1, 0.15) is 31.1 Å². The van der Waals surface area contributed by atoms with Gasteiger partial charge in [-0.3, -0.25) is 14.9 Å². The molecular weight excluding hydrogens is 310 g/mol. The summed E-state index contributed by atoms with van der Waals surface area (Å²) in [5, 5.41) is 13.9. The second-order valence-corrected chi connectivity index (χ2v) is 7.41. The molecule has 0 bridgehead atoms. The summed E-state index contributed by atoms with van der Waals surface area (Å²) < 4.78 is 25.0. The number of rotatable bonds is 7. The number of nitrogens with zero attached hydrogens (tertiary/aromatic N) is 1. The molecule has 0 aliphatic heterocycles. The molecule has 122 valence electrons. The molecule has 8 nitrogen and oxygen atoms in total. The first-order valence-corrected chi connectivity index (χ1v) is 8.33. The number of carbonyl (C=O) groups excluding carboxylic acids is 1. The van der Waals surface area contributed by atoms with E-state index in [1.54, 1.807) is 13.8 Å². The molecule has 0 saturated heterocycles. The first-order valence-electron chi connectivity index (χ1n) is 6.43. The van der Waals surface area contributed by atoms with Crippen LogP contribution in [0.2, 0.25) is 0 Å². The van der Waals surface area contributed by atoms with E-state index in [1.807, 2.05) is 0 Å². The summed E-state index contributed by atoms with van der Waals surface area (Å²) in [7, 11) is -3.40. The number of anilines is 1. The van der Waals surface area contributed by atoms with Crippen molar-refractivity contribution in [1.29, 1.82) is 0 Å². The van der Waals surface area contributed by atoms with Gasteiger partial charge in [0.1, 0.15) is 5.69 Å². The molecule has 1 rings (SSSR count). The van der Waals surface area contributed by atoms with Crippen molar-refractivity contribution >= 4 is 27.2 Å². The van der Waals surface area contributed by atoms with Crippen LogP contribution in [-0.4, -0.2) is 37.5 Å². The molecule has 1 aromatic carbocycles. The highest BCUT2D eigenvalue weighted by Crippen LogP contribution is 2.26. The predicted molar refractivity (Wildman–Crippen MR) is 83.6 cm³/mol. The minimum Gasteiger partial charge on any atom is -0.378 e. The average Bonchev–Trinajstić information content (AvgIpc) is 2.33. The van der Waals surface area contributed by atoms with Crippen molar-refractivity contribution in [2.24, 2.45) is 0 Å². The molecule has 2 N–H and O–H groups in total. The number of ketones is 1. The second kappa shape index (κ2) is 6.41. The van der Waals surface area contributed by atoms with Crippen LogP contribution in [0, 0.1) is 10.1 Å². The van der Waals surface area contributed by atoms with Crippen LogP contribution in [-0.2, 0) is 10.0 Å². The SMILES string of the molecule is CC(=O)c1ccc(NCC(C)(C)NS(C)(=O)=O)c([N+](=O)[O-])c1. The van der Waals surface area contributed by atoms with Gasteiger partial charge >= 0.3 is 0 Å². The largest absolute Gasteiger partial charge is 0.378 e. The van der Waals surface area contributed by atoms with E-state index in [4.69, 9.17) is 0 Å². The minimum atomic E-state index is -3.40. The van der Waals surface area contributed by atoms with Crippen molar-refractivity contribution in [3.8, 4) is 0 Å². The highest BCUT2D eigenvalue weighted by molar-refractivity contribution is 7.88. The molecule has 0 saturated carbocycles. The smallest absolute Gasteiger partial charge is 0.293 e. The molecule has 0 amide bonds. The summed E-state index contributed by atoms with van der Waals surface area (Å²) >= 11 is 0. The standard InChI is InChI=1S/C13H19N3O5S/c1-9(17)10-5-6-11(12(7-10)16(18)19)14-8-13(2,3)15-22(4,20)21/h5-7,14-15H,8H2,1-4H3. The van der Waals surface area contributed by atoms with Crippen LogP contribution >= 0.6 is 0 Å². The molecule has 0 aromatic heterocycles. The molecule has 0 unspecified atom stereocenters. The normalized spacial score (nSPS) is 12.0. The van der Waals surface area contributed by atoms with Crippen LogP contribution in [0.15, 0.2) is 18.2 Å². The summed E-state index contributed by atoms with van der Waals surface area (Å²) in [6, 6.07) is 4.11. The Labute approximate surface area is 129 Å². The van der Waals surface area contributed by atoms with E-state index in [0.717, 1.165) is 6.26 Å². The Kier molecular flexibility index (Phi) is 5.26. The Balaban J connectivity index is 2.99. The van der Waals surface area contributed by atoms with Crippen molar-refractivity contribution in [2.45, 2.75) is 26.3 Å². The predicted octanol–water partition coefficient (Wildman–Crippen LogP) is 1.54. The van der Waals surface area contributed by atoms with E-state index < -0.39 is 20.5 Å². The summed E-state index contributed by atoms with van der Waals surface area (Å²) in [5.74, 6) is -0.270. The number of sulfonamides is 1. The maximum absolute atomic E-state index is 11.3. The maximum atomic E-state index is 11.3. The zero-order chi connectivity index (χ0) is 17.1. The lowest BCUT2D eigenvalue weighted by atomic mass is 10.1. The summed E-state index contributed by atoms with van der Waals surface area (Å²) in [5.41, 5.74) is -0.604. The number of nitrogens with one attached hydrogen (secondary N) is 2. The minimum absolute atomic E-state index is 0.139. The Morgan fingerprint density at radius 3 is 2.41 bits per heavy atom. The molecule has 0 fully saturated rings. The van der Waals surface area contributed by atoms with Gasteiger partial charge in [-0.25, -0.2) is 13.1 Å². The number of hydrogen-bond acceptors (Lipinski definition) is 6. The van der Waals surface area contributed by atoms with Gasteiger partial charge in [-0.2, -0.15) is 0 Å². The first-order chi connectivity index (χ1) is 9.91. The van der Waals surface area contributed by atoms with Gasteiger partial charge in [0.25, 0.3) is 5.69 Å². The Hall–Kier alpha value is -2.00. The van der Waals surface area contributed by atoms with E-state index in [0.29, 0.717) is 0 Å². The van der Waals surface area contributed by atoms with E-state index in [1.165, 1.54) is 25.1 Å². The highest BCUT2D eigenvalue weighted by Gasteiger charge is 2.24. The third-order valence-electron chi connectivity index (χ3n) is 2.78. The van der Waals surface area contributed by atoms with E-state index in [2.05, 4.69) is 10.0 Å². The van der Waals surface area contributed by atoms with Gasteiger partial charge in [0.2, 0.25) is 10.0 Å². The fourth-order valence-electron chi connectivity index (χ4n) is 1.91. The molecular formula is C13H19N3O5S. The third-order valence-corrected chi connectivity index (χ3v) is 3.71. The number of hydrogen-bond donors (Lipinski definition) is 2. The number of carbonyl (C=O) groups is 1. The van der Waals surface area contributed by atoms with Gasteiger partial charge in [0.05, 0.1) is 11.2 Å². The van der Waals surface area contributed by atoms with Crippen LogP contribution in [0.4, 0.5) is 11.4 Å². The fraction of sp³-hybridized carbons (Fsp3) is 0.462. The molecule has 0 heterocycles. The molecule has 0 atom stereocenters. The molecule has 9 heteroatoms. The number of Topliss-reactive ketones (excluding diaryl/α,β-unsaturated/α-hetero) is 1. The van der Waals surface area contributed by atoms with Gasteiger partial charge in [0, 0.05) is 23.7 Å².